The number of rotatable bonds is 3. The molecule has 1 rings (SSSR count). The first-order valence-corrected chi connectivity index (χ1v) is 4.53. The van der Waals surface area contributed by atoms with Gasteiger partial charge in [-0.3, -0.25) is 4.79 Å². The Morgan fingerprint density at radius 2 is 1.93 bits per heavy atom. The fourth-order valence-electron chi connectivity index (χ4n) is 1.54. The van der Waals surface area contributed by atoms with Crippen molar-refractivity contribution in [1.29, 1.82) is 0 Å². The highest BCUT2D eigenvalue weighted by molar-refractivity contribution is 5.72. The number of amides is 1. The van der Waals surface area contributed by atoms with Crippen LogP contribution in [0.2, 0.25) is 0 Å². The number of carbonyl (C=O) groups excluding carboxylic acids is 1. The summed E-state index contributed by atoms with van der Waals surface area (Å²) in [5, 5.41) is 33.1. The molecule has 0 aromatic carbocycles. The van der Waals surface area contributed by atoms with Gasteiger partial charge in [0.1, 0.15) is 0 Å². The molecule has 14 heavy (non-hydrogen) atoms. The van der Waals surface area contributed by atoms with Crippen molar-refractivity contribution in [3.05, 3.63) is 0 Å². The fourth-order valence-corrected chi connectivity index (χ4v) is 1.54. The molecule has 0 bridgehead atoms. The summed E-state index contributed by atoms with van der Waals surface area (Å²) in [6, 6.07) is -0.935. The van der Waals surface area contributed by atoms with Crippen molar-refractivity contribution < 1.29 is 20.1 Å². The molecular formula is C8H16N2O4. The van der Waals surface area contributed by atoms with Gasteiger partial charge in [-0.15, -0.1) is 0 Å². The highest BCUT2D eigenvalue weighted by Gasteiger charge is 2.40. The topological polar surface area (TPSA) is 102 Å². The molecule has 82 valence electrons. The van der Waals surface area contributed by atoms with Gasteiger partial charge >= 0.3 is 0 Å². The summed E-state index contributed by atoms with van der Waals surface area (Å²) < 4.78 is 0. The van der Waals surface area contributed by atoms with Crippen LogP contribution in [0.3, 0.4) is 0 Å². The van der Waals surface area contributed by atoms with E-state index in [9.17, 15) is 15.0 Å². The van der Waals surface area contributed by atoms with Crippen LogP contribution < -0.4 is 10.6 Å². The van der Waals surface area contributed by atoms with Gasteiger partial charge in [-0.05, 0) is 0 Å². The van der Waals surface area contributed by atoms with E-state index in [1.807, 2.05) is 0 Å². The highest BCUT2D eigenvalue weighted by atomic mass is 16.3. The van der Waals surface area contributed by atoms with E-state index in [-0.39, 0.29) is 19.1 Å². The predicted octanol–water partition coefficient (Wildman–Crippen LogP) is -2.82. The zero-order chi connectivity index (χ0) is 10.7. The molecule has 1 aliphatic rings. The lowest BCUT2D eigenvalue weighted by Crippen LogP contribution is -2.43. The standard InChI is InChI=1S/C8H16N2O4/c1-4(12)9-2-5-7(13)8(14)6(3-11)10-5/h5-8,10-11,13-14H,2-3H2,1H3,(H,9,12)/t5-,6+,7+,8-/m0/s1. The summed E-state index contributed by atoms with van der Waals surface area (Å²) >= 11 is 0. The van der Waals surface area contributed by atoms with Crippen molar-refractivity contribution in [3.8, 4) is 0 Å². The molecule has 5 N–H and O–H groups in total. The highest BCUT2D eigenvalue weighted by Crippen LogP contribution is 2.13. The Balaban J connectivity index is 2.44. The first-order chi connectivity index (χ1) is 6.56. The zero-order valence-electron chi connectivity index (χ0n) is 7.97. The number of aliphatic hydroxyl groups excluding tert-OH is 3. The third kappa shape index (κ3) is 2.42. The second-order valence-corrected chi connectivity index (χ2v) is 3.48. The quantitative estimate of drug-likeness (QED) is 0.341. The summed E-state index contributed by atoms with van der Waals surface area (Å²) in [5.41, 5.74) is 0. The Labute approximate surface area is 81.9 Å². The molecule has 1 amide bonds. The Kier molecular flexibility index (Phi) is 3.82. The van der Waals surface area contributed by atoms with Gasteiger partial charge in [0.15, 0.2) is 0 Å². The summed E-state index contributed by atoms with van der Waals surface area (Å²) in [5.74, 6) is -0.194. The van der Waals surface area contributed by atoms with Gasteiger partial charge in [-0.25, -0.2) is 0 Å². The number of hydrogen-bond donors (Lipinski definition) is 5. The van der Waals surface area contributed by atoms with E-state index in [0.29, 0.717) is 0 Å². The van der Waals surface area contributed by atoms with Crippen LogP contribution in [0.5, 0.6) is 0 Å². The number of aliphatic hydroxyl groups is 3. The molecule has 6 nitrogen and oxygen atoms in total. The minimum absolute atomic E-state index is 0.194. The van der Waals surface area contributed by atoms with E-state index in [4.69, 9.17) is 5.11 Å². The van der Waals surface area contributed by atoms with Gasteiger partial charge in [0.05, 0.1) is 30.9 Å². The van der Waals surface area contributed by atoms with Gasteiger partial charge in [-0.1, -0.05) is 0 Å². The van der Waals surface area contributed by atoms with Crippen LogP contribution in [0.25, 0.3) is 0 Å². The lowest BCUT2D eigenvalue weighted by Gasteiger charge is -2.15. The van der Waals surface area contributed by atoms with Gasteiger partial charge in [0.25, 0.3) is 0 Å². The van der Waals surface area contributed by atoms with Gasteiger partial charge < -0.3 is 26.0 Å². The minimum Gasteiger partial charge on any atom is -0.395 e. The number of carbonyl (C=O) groups is 1. The average Bonchev–Trinajstić information content (AvgIpc) is 2.41. The Hall–Kier alpha value is -0.690. The van der Waals surface area contributed by atoms with Crippen LogP contribution in [-0.2, 0) is 4.79 Å². The van der Waals surface area contributed by atoms with E-state index in [1.165, 1.54) is 6.92 Å². The van der Waals surface area contributed by atoms with Crippen LogP contribution in [0.4, 0.5) is 0 Å². The maximum absolute atomic E-state index is 10.6. The summed E-state index contributed by atoms with van der Waals surface area (Å²) in [7, 11) is 0. The molecule has 0 aromatic heterocycles. The third-order valence-corrected chi connectivity index (χ3v) is 2.37. The molecule has 0 spiro atoms. The Bertz CT molecular complexity index is 212. The van der Waals surface area contributed by atoms with Crippen molar-refractivity contribution in [3.63, 3.8) is 0 Å². The number of hydrogen-bond acceptors (Lipinski definition) is 5. The monoisotopic (exact) mass is 204 g/mol. The van der Waals surface area contributed by atoms with Crippen LogP contribution in [0, 0.1) is 0 Å². The van der Waals surface area contributed by atoms with Crippen molar-refractivity contribution in [2.24, 2.45) is 0 Å². The maximum Gasteiger partial charge on any atom is 0.216 e. The molecule has 0 unspecified atom stereocenters. The molecule has 0 radical (unpaired) electrons. The molecule has 1 aliphatic heterocycles. The normalized spacial score (nSPS) is 37.1. The van der Waals surface area contributed by atoms with Gasteiger partial charge in [0, 0.05) is 13.5 Å². The first kappa shape index (κ1) is 11.4. The summed E-state index contributed by atoms with van der Waals surface area (Å²) in [4.78, 5) is 10.6. The smallest absolute Gasteiger partial charge is 0.216 e. The van der Waals surface area contributed by atoms with Crippen molar-refractivity contribution in [2.75, 3.05) is 13.2 Å². The largest absolute Gasteiger partial charge is 0.395 e. The molecule has 1 saturated heterocycles. The molecule has 0 aliphatic carbocycles. The van der Waals surface area contributed by atoms with Crippen LogP contribution in [-0.4, -0.2) is 58.7 Å². The lowest BCUT2D eigenvalue weighted by molar-refractivity contribution is -0.119. The van der Waals surface area contributed by atoms with E-state index >= 15 is 0 Å². The molecule has 6 heteroatoms. The lowest BCUT2D eigenvalue weighted by atomic mass is 10.1. The number of nitrogens with one attached hydrogen (secondary N) is 2. The fraction of sp³-hybridized carbons (Fsp3) is 0.875. The molecule has 0 aromatic rings. The molecule has 0 saturated carbocycles. The van der Waals surface area contributed by atoms with E-state index in [2.05, 4.69) is 10.6 Å². The third-order valence-electron chi connectivity index (χ3n) is 2.37. The molecule has 4 atom stereocenters. The van der Waals surface area contributed by atoms with Gasteiger partial charge in [-0.2, -0.15) is 0 Å². The second-order valence-electron chi connectivity index (χ2n) is 3.48. The molecule has 1 heterocycles. The maximum atomic E-state index is 10.6. The van der Waals surface area contributed by atoms with Crippen molar-refractivity contribution >= 4 is 5.91 Å². The van der Waals surface area contributed by atoms with E-state index in [1.54, 1.807) is 0 Å². The Morgan fingerprint density at radius 1 is 1.36 bits per heavy atom. The molecular weight excluding hydrogens is 188 g/mol. The first-order valence-electron chi connectivity index (χ1n) is 4.53. The van der Waals surface area contributed by atoms with E-state index < -0.39 is 24.3 Å². The van der Waals surface area contributed by atoms with Gasteiger partial charge in [0.2, 0.25) is 5.91 Å². The van der Waals surface area contributed by atoms with Crippen LogP contribution >= 0.6 is 0 Å². The average molecular weight is 204 g/mol. The minimum atomic E-state index is -0.987. The summed E-state index contributed by atoms with van der Waals surface area (Å²) in [6.07, 6.45) is -1.95. The zero-order valence-corrected chi connectivity index (χ0v) is 7.97. The van der Waals surface area contributed by atoms with Crippen molar-refractivity contribution in [1.82, 2.24) is 10.6 Å². The van der Waals surface area contributed by atoms with E-state index in [0.717, 1.165) is 0 Å². The second kappa shape index (κ2) is 4.70. The summed E-state index contributed by atoms with van der Waals surface area (Å²) in [6.45, 7) is 1.38. The SMILES string of the molecule is CC(=O)NC[C@@H]1N[C@H](CO)[C@H](O)[C@@H]1O. The predicted molar refractivity (Wildman–Crippen MR) is 48.5 cm³/mol. The van der Waals surface area contributed by atoms with Crippen LogP contribution in [0.15, 0.2) is 0 Å². The molecule has 1 fully saturated rings. The Morgan fingerprint density at radius 3 is 2.36 bits per heavy atom. The van der Waals surface area contributed by atoms with Crippen molar-refractivity contribution in [2.45, 2.75) is 31.2 Å². The van der Waals surface area contributed by atoms with Crippen LogP contribution in [0.1, 0.15) is 6.92 Å².